The summed E-state index contributed by atoms with van der Waals surface area (Å²) < 4.78 is 27.5. The fraction of sp³-hybridized carbons (Fsp3) is 0.632. The van der Waals surface area contributed by atoms with Gasteiger partial charge in [-0.3, -0.25) is 4.79 Å². The molecule has 0 aliphatic carbocycles. The molecule has 0 unspecified atom stereocenters. The number of amides is 1. The van der Waals surface area contributed by atoms with E-state index in [4.69, 9.17) is 0 Å². The number of rotatable bonds is 3. The van der Waals surface area contributed by atoms with Crippen LogP contribution in [0.15, 0.2) is 29.2 Å². The van der Waals surface area contributed by atoms with E-state index < -0.39 is 10.0 Å². The summed E-state index contributed by atoms with van der Waals surface area (Å²) in [6.45, 7) is 5.99. The first-order valence-corrected chi connectivity index (χ1v) is 10.6. The molecule has 3 rings (SSSR count). The van der Waals surface area contributed by atoms with Gasteiger partial charge in [-0.1, -0.05) is 26.0 Å². The minimum Gasteiger partial charge on any atom is -0.356 e. The van der Waals surface area contributed by atoms with Gasteiger partial charge in [-0.05, 0) is 54.7 Å². The number of carbonyl (C=O) groups excluding carboxylic acids is 1. The number of nitrogens with one attached hydrogen (secondary N) is 1. The molecule has 2 heterocycles. The number of nitrogens with zero attached hydrogens (tertiary/aromatic N) is 1. The van der Waals surface area contributed by atoms with Crippen molar-refractivity contribution in [3.05, 3.63) is 29.8 Å². The van der Waals surface area contributed by atoms with Crippen LogP contribution < -0.4 is 5.32 Å². The van der Waals surface area contributed by atoms with Crippen LogP contribution in [0.25, 0.3) is 0 Å². The van der Waals surface area contributed by atoms with Crippen molar-refractivity contribution in [2.75, 3.05) is 19.6 Å². The van der Waals surface area contributed by atoms with Gasteiger partial charge in [0.15, 0.2) is 0 Å². The maximum absolute atomic E-state index is 12.9. The topological polar surface area (TPSA) is 66.5 Å². The maximum atomic E-state index is 12.9. The van der Waals surface area contributed by atoms with Crippen LogP contribution in [0.5, 0.6) is 0 Å². The van der Waals surface area contributed by atoms with Gasteiger partial charge in [0.05, 0.1) is 4.90 Å². The van der Waals surface area contributed by atoms with Crippen molar-refractivity contribution in [2.45, 2.75) is 56.8 Å². The highest BCUT2D eigenvalue weighted by Gasteiger charge is 2.39. The molecule has 0 radical (unpaired) electrons. The van der Waals surface area contributed by atoms with E-state index >= 15 is 0 Å². The minimum absolute atomic E-state index is 0.118. The van der Waals surface area contributed by atoms with E-state index in [1.54, 1.807) is 16.4 Å². The first-order valence-electron chi connectivity index (χ1n) is 9.19. The van der Waals surface area contributed by atoms with Crippen LogP contribution in [0.4, 0.5) is 0 Å². The van der Waals surface area contributed by atoms with E-state index in [1.165, 1.54) is 0 Å². The summed E-state index contributed by atoms with van der Waals surface area (Å²) in [7, 11) is -3.43. The van der Waals surface area contributed by atoms with E-state index in [0.29, 0.717) is 36.9 Å². The van der Waals surface area contributed by atoms with E-state index in [0.717, 1.165) is 31.2 Å². The monoisotopic (exact) mass is 364 g/mol. The quantitative estimate of drug-likeness (QED) is 0.897. The Hall–Kier alpha value is -1.40. The fourth-order valence-electron chi connectivity index (χ4n) is 3.93. The Morgan fingerprint density at radius 3 is 2.28 bits per heavy atom. The zero-order chi connectivity index (χ0) is 18.1. The number of hydrogen-bond donors (Lipinski definition) is 1. The molecule has 1 N–H and O–H groups in total. The second-order valence-electron chi connectivity index (χ2n) is 7.73. The van der Waals surface area contributed by atoms with Crippen molar-refractivity contribution in [1.29, 1.82) is 0 Å². The average molecular weight is 365 g/mol. The lowest BCUT2D eigenvalue weighted by Gasteiger charge is -2.40. The molecule has 0 bridgehead atoms. The van der Waals surface area contributed by atoms with Crippen LogP contribution >= 0.6 is 0 Å². The summed E-state index contributed by atoms with van der Waals surface area (Å²) in [6.07, 6.45) is 4.06. The van der Waals surface area contributed by atoms with E-state index in [-0.39, 0.29) is 11.3 Å². The lowest BCUT2D eigenvalue weighted by Crippen LogP contribution is -2.43. The van der Waals surface area contributed by atoms with Crippen LogP contribution in [-0.2, 0) is 14.8 Å². The zero-order valence-electron chi connectivity index (χ0n) is 15.1. The lowest BCUT2D eigenvalue weighted by molar-refractivity contribution is -0.120. The van der Waals surface area contributed by atoms with Crippen LogP contribution in [-0.4, -0.2) is 38.3 Å². The molecule has 0 atom stereocenters. The summed E-state index contributed by atoms with van der Waals surface area (Å²) in [5.74, 6) is 0.510. The zero-order valence-corrected chi connectivity index (χ0v) is 15.9. The molecule has 6 heteroatoms. The molecule has 25 heavy (non-hydrogen) atoms. The second kappa shape index (κ2) is 7.08. The van der Waals surface area contributed by atoms with Gasteiger partial charge in [0, 0.05) is 26.1 Å². The number of sulfonamides is 1. The molecule has 2 aliphatic heterocycles. The van der Waals surface area contributed by atoms with E-state index in [1.807, 2.05) is 12.1 Å². The van der Waals surface area contributed by atoms with Crippen LogP contribution in [0.2, 0.25) is 0 Å². The van der Waals surface area contributed by atoms with Crippen molar-refractivity contribution in [2.24, 2.45) is 5.41 Å². The van der Waals surface area contributed by atoms with Gasteiger partial charge in [-0.2, -0.15) is 4.31 Å². The maximum Gasteiger partial charge on any atom is 0.243 e. The number of hydrogen-bond acceptors (Lipinski definition) is 3. The molecule has 1 spiro atoms. The van der Waals surface area contributed by atoms with Crippen molar-refractivity contribution < 1.29 is 13.2 Å². The molecule has 1 amide bonds. The van der Waals surface area contributed by atoms with Gasteiger partial charge in [-0.15, -0.1) is 0 Å². The predicted octanol–water partition coefficient (Wildman–Crippen LogP) is 2.88. The summed E-state index contributed by atoms with van der Waals surface area (Å²) >= 11 is 0. The third-order valence-electron chi connectivity index (χ3n) is 5.83. The van der Waals surface area contributed by atoms with Crippen molar-refractivity contribution >= 4 is 15.9 Å². The minimum atomic E-state index is -3.43. The first kappa shape index (κ1) is 18.4. The van der Waals surface area contributed by atoms with Gasteiger partial charge in [0.1, 0.15) is 0 Å². The van der Waals surface area contributed by atoms with Gasteiger partial charge in [0.2, 0.25) is 15.9 Å². The summed E-state index contributed by atoms with van der Waals surface area (Å²) in [4.78, 5) is 12.0. The SMILES string of the molecule is CC(C)c1ccc(S(=O)(=O)N2CCC3(CCNC(=O)CC3)CC2)cc1. The van der Waals surface area contributed by atoms with Crippen molar-refractivity contribution in [3.63, 3.8) is 0 Å². The van der Waals surface area contributed by atoms with Crippen LogP contribution in [0, 0.1) is 5.41 Å². The molecular weight excluding hydrogens is 336 g/mol. The van der Waals surface area contributed by atoms with Gasteiger partial charge in [-0.25, -0.2) is 8.42 Å². The highest BCUT2D eigenvalue weighted by atomic mass is 32.2. The highest BCUT2D eigenvalue weighted by molar-refractivity contribution is 7.89. The normalized spacial score (nSPS) is 22.0. The molecule has 2 saturated heterocycles. The molecule has 1 aromatic rings. The average Bonchev–Trinajstić information content (AvgIpc) is 2.77. The predicted molar refractivity (Wildman–Crippen MR) is 97.8 cm³/mol. The summed E-state index contributed by atoms with van der Waals surface area (Å²) in [6, 6.07) is 7.27. The standard InChI is InChI=1S/C19H28N2O3S/c1-15(2)16-3-5-17(6-4-16)25(23,24)21-13-10-19(11-14-21)8-7-18(22)20-12-9-19/h3-6,15H,7-14H2,1-2H3,(H,20,22). The number of carbonyl (C=O) groups is 1. The summed E-state index contributed by atoms with van der Waals surface area (Å²) in [5, 5.41) is 2.93. The third-order valence-corrected chi connectivity index (χ3v) is 7.74. The summed E-state index contributed by atoms with van der Waals surface area (Å²) in [5.41, 5.74) is 1.26. The highest BCUT2D eigenvalue weighted by Crippen LogP contribution is 2.41. The molecule has 5 nitrogen and oxygen atoms in total. The van der Waals surface area contributed by atoms with Crippen molar-refractivity contribution in [1.82, 2.24) is 9.62 Å². The molecule has 2 aliphatic rings. The van der Waals surface area contributed by atoms with Gasteiger partial charge < -0.3 is 5.32 Å². The smallest absolute Gasteiger partial charge is 0.243 e. The Morgan fingerprint density at radius 1 is 1.04 bits per heavy atom. The van der Waals surface area contributed by atoms with E-state index in [9.17, 15) is 13.2 Å². The third kappa shape index (κ3) is 3.90. The Morgan fingerprint density at radius 2 is 1.68 bits per heavy atom. The molecule has 1 aromatic carbocycles. The molecule has 138 valence electrons. The van der Waals surface area contributed by atoms with Crippen LogP contribution in [0.3, 0.4) is 0 Å². The fourth-order valence-corrected chi connectivity index (χ4v) is 5.38. The van der Waals surface area contributed by atoms with Crippen molar-refractivity contribution in [3.8, 4) is 0 Å². The Bertz CT molecular complexity index is 718. The molecule has 2 fully saturated rings. The number of piperidine rings is 1. The lowest BCUT2D eigenvalue weighted by atomic mass is 9.73. The van der Waals surface area contributed by atoms with Gasteiger partial charge in [0.25, 0.3) is 0 Å². The molecular formula is C19H28N2O3S. The second-order valence-corrected chi connectivity index (χ2v) is 9.67. The first-order chi connectivity index (χ1) is 11.8. The van der Waals surface area contributed by atoms with E-state index in [2.05, 4.69) is 19.2 Å². The van der Waals surface area contributed by atoms with Gasteiger partial charge >= 0.3 is 0 Å². The Balaban J connectivity index is 1.70. The molecule has 0 saturated carbocycles. The van der Waals surface area contributed by atoms with Crippen LogP contribution in [0.1, 0.15) is 57.4 Å². The molecule has 0 aromatic heterocycles. The Labute approximate surface area is 150 Å². The number of benzene rings is 1. The largest absolute Gasteiger partial charge is 0.356 e. The Kier molecular flexibility index (Phi) is 5.21.